The van der Waals surface area contributed by atoms with Gasteiger partial charge < -0.3 is 10.6 Å². The van der Waals surface area contributed by atoms with Gasteiger partial charge >= 0.3 is 6.03 Å². The van der Waals surface area contributed by atoms with Crippen LogP contribution in [0.25, 0.3) is 0 Å². The topological polar surface area (TPSA) is 54.0 Å². The highest BCUT2D eigenvalue weighted by atomic mass is 35.5. The first-order chi connectivity index (χ1) is 8.63. The molecule has 0 bridgehead atoms. The van der Waals surface area contributed by atoms with Gasteiger partial charge in [0.2, 0.25) is 0 Å². The van der Waals surface area contributed by atoms with E-state index in [0.29, 0.717) is 17.3 Å². The van der Waals surface area contributed by atoms with Crippen LogP contribution in [0.5, 0.6) is 0 Å². The number of aromatic nitrogens is 1. The van der Waals surface area contributed by atoms with Gasteiger partial charge in [0.05, 0.1) is 6.54 Å². The van der Waals surface area contributed by atoms with Crippen LogP contribution >= 0.6 is 22.9 Å². The molecular formula is C12H12ClN3OS. The fraction of sp³-hybridized carbons (Fsp3) is 0.167. The van der Waals surface area contributed by atoms with Crippen LogP contribution in [0.3, 0.4) is 0 Å². The number of hydrogen-bond acceptors (Lipinski definition) is 3. The van der Waals surface area contributed by atoms with Crippen molar-refractivity contribution in [3.8, 4) is 0 Å². The second kappa shape index (κ2) is 5.84. The van der Waals surface area contributed by atoms with Gasteiger partial charge in [-0.15, -0.1) is 11.3 Å². The van der Waals surface area contributed by atoms with E-state index in [2.05, 4.69) is 15.6 Å². The van der Waals surface area contributed by atoms with E-state index in [1.165, 1.54) is 11.3 Å². The molecule has 0 spiro atoms. The molecule has 0 saturated heterocycles. The predicted molar refractivity (Wildman–Crippen MR) is 74.2 cm³/mol. The van der Waals surface area contributed by atoms with Crippen molar-refractivity contribution in [2.75, 3.05) is 5.32 Å². The van der Waals surface area contributed by atoms with Crippen LogP contribution in [-0.2, 0) is 6.54 Å². The Morgan fingerprint density at radius 3 is 2.72 bits per heavy atom. The molecule has 18 heavy (non-hydrogen) atoms. The van der Waals surface area contributed by atoms with Crippen LogP contribution in [0.15, 0.2) is 29.6 Å². The molecule has 0 aliphatic heterocycles. The molecular weight excluding hydrogens is 270 g/mol. The number of aryl methyl sites for hydroxylation is 1. The Labute approximate surface area is 114 Å². The van der Waals surface area contributed by atoms with Gasteiger partial charge in [0.25, 0.3) is 0 Å². The van der Waals surface area contributed by atoms with Gasteiger partial charge in [0.1, 0.15) is 5.01 Å². The number of carbonyl (C=O) groups is 1. The number of carbonyl (C=O) groups excluding carboxylic acids is 1. The highest BCUT2D eigenvalue weighted by Crippen LogP contribution is 2.13. The van der Waals surface area contributed by atoms with Crippen LogP contribution in [0.4, 0.5) is 10.5 Å². The molecule has 6 heteroatoms. The minimum Gasteiger partial charge on any atom is -0.331 e. The summed E-state index contributed by atoms with van der Waals surface area (Å²) in [4.78, 5) is 15.9. The van der Waals surface area contributed by atoms with E-state index in [-0.39, 0.29) is 6.03 Å². The molecule has 0 aliphatic carbocycles. The smallest absolute Gasteiger partial charge is 0.319 e. The Hall–Kier alpha value is -1.59. The zero-order valence-electron chi connectivity index (χ0n) is 9.74. The minimum absolute atomic E-state index is 0.259. The Morgan fingerprint density at radius 2 is 2.11 bits per heavy atom. The summed E-state index contributed by atoms with van der Waals surface area (Å²) in [5.74, 6) is 0. The molecule has 2 aromatic rings. The number of urea groups is 1. The van der Waals surface area contributed by atoms with Gasteiger partial charge in [0.15, 0.2) is 0 Å². The highest BCUT2D eigenvalue weighted by molar-refractivity contribution is 7.09. The van der Waals surface area contributed by atoms with Gasteiger partial charge in [-0.05, 0) is 31.2 Å². The van der Waals surface area contributed by atoms with Gasteiger partial charge in [-0.3, -0.25) is 0 Å². The predicted octanol–water partition coefficient (Wildman–Crippen LogP) is 3.43. The normalized spacial score (nSPS) is 10.1. The summed E-state index contributed by atoms with van der Waals surface area (Å²) < 4.78 is 0. The summed E-state index contributed by atoms with van der Waals surface area (Å²) in [6.07, 6.45) is 0. The number of hydrogen-bond donors (Lipinski definition) is 2. The standard InChI is InChI=1S/C12H12ClN3OS/c1-8-7-18-11(15-8)6-14-12(17)16-10-4-2-9(13)3-5-10/h2-5,7H,6H2,1H3,(H2,14,16,17). The van der Waals surface area contributed by atoms with E-state index in [0.717, 1.165) is 10.7 Å². The van der Waals surface area contributed by atoms with E-state index in [1.807, 2.05) is 12.3 Å². The largest absolute Gasteiger partial charge is 0.331 e. The van der Waals surface area contributed by atoms with Crippen LogP contribution < -0.4 is 10.6 Å². The van der Waals surface area contributed by atoms with Crippen molar-refractivity contribution >= 4 is 34.7 Å². The fourth-order valence-electron chi connectivity index (χ4n) is 1.35. The second-order valence-corrected chi connectivity index (χ2v) is 5.08. The Balaban J connectivity index is 1.83. The SMILES string of the molecule is Cc1csc(CNC(=O)Nc2ccc(Cl)cc2)n1. The third-order valence-electron chi connectivity index (χ3n) is 2.17. The molecule has 2 amide bonds. The maximum Gasteiger partial charge on any atom is 0.319 e. The first-order valence-corrected chi connectivity index (χ1v) is 6.60. The third kappa shape index (κ3) is 3.72. The Morgan fingerprint density at radius 1 is 1.39 bits per heavy atom. The van der Waals surface area contributed by atoms with E-state index in [9.17, 15) is 4.79 Å². The molecule has 0 unspecified atom stereocenters. The van der Waals surface area contributed by atoms with E-state index < -0.39 is 0 Å². The average molecular weight is 282 g/mol. The fourth-order valence-corrected chi connectivity index (χ4v) is 2.19. The quantitative estimate of drug-likeness (QED) is 0.906. The van der Waals surface area contributed by atoms with E-state index >= 15 is 0 Å². The first-order valence-electron chi connectivity index (χ1n) is 5.35. The molecule has 2 N–H and O–H groups in total. The van der Waals surface area contributed by atoms with Crippen molar-refractivity contribution in [3.05, 3.63) is 45.4 Å². The molecule has 0 atom stereocenters. The number of amides is 2. The summed E-state index contributed by atoms with van der Waals surface area (Å²) in [5, 5.41) is 8.93. The zero-order valence-corrected chi connectivity index (χ0v) is 11.3. The summed E-state index contributed by atoms with van der Waals surface area (Å²) in [5.41, 5.74) is 1.67. The monoisotopic (exact) mass is 281 g/mol. The molecule has 4 nitrogen and oxygen atoms in total. The number of thiazole rings is 1. The average Bonchev–Trinajstić information content (AvgIpc) is 2.76. The molecule has 1 aromatic heterocycles. The Bertz CT molecular complexity index is 539. The van der Waals surface area contributed by atoms with Gasteiger partial charge in [-0.25, -0.2) is 9.78 Å². The summed E-state index contributed by atoms with van der Waals surface area (Å²) in [6, 6.07) is 6.68. The summed E-state index contributed by atoms with van der Waals surface area (Å²) in [6.45, 7) is 2.35. The van der Waals surface area contributed by atoms with Gasteiger partial charge in [0, 0.05) is 21.8 Å². The molecule has 94 valence electrons. The van der Waals surface area contributed by atoms with Crippen molar-refractivity contribution in [3.63, 3.8) is 0 Å². The molecule has 0 fully saturated rings. The summed E-state index contributed by atoms with van der Waals surface area (Å²) in [7, 11) is 0. The Kier molecular flexibility index (Phi) is 4.17. The molecule has 2 rings (SSSR count). The number of anilines is 1. The van der Waals surface area contributed by atoms with Crippen molar-refractivity contribution in [1.82, 2.24) is 10.3 Å². The van der Waals surface area contributed by atoms with E-state index in [1.54, 1.807) is 24.3 Å². The minimum atomic E-state index is -0.259. The molecule has 1 heterocycles. The summed E-state index contributed by atoms with van der Waals surface area (Å²) >= 11 is 7.29. The maximum absolute atomic E-state index is 11.6. The lowest BCUT2D eigenvalue weighted by Crippen LogP contribution is -2.28. The first kappa shape index (κ1) is 12.9. The number of benzene rings is 1. The van der Waals surface area contributed by atoms with Crippen LogP contribution in [-0.4, -0.2) is 11.0 Å². The van der Waals surface area contributed by atoms with Crippen LogP contribution in [0.2, 0.25) is 5.02 Å². The lowest BCUT2D eigenvalue weighted by molar-refractivity contribution is 0.251. The number of halogens is 1. The van der Waals surface area contributed by atoms with Gasteiger partial charge in [-0.2, -0.15) is 0 Å². The third-order valence-corrected chi connectivity index (χ3v) is 3.39. The molecule has 0 saturated carbocycles. The van der Waals surface area contributed by atoms with Crippen molar-refractivity contribution < 1.29 is 4.79 Å². The second-order valence-electron chi connectivity index (χ2n) is 3.70. The number of rotatable bonds is 3. The van der Waals surface area contributed by atoms with Crippen LogP contribution in [0, 0.1) is 6.92 Å². The van der Waals surface area contributed by atoms with Crippen LogP contribution in [0.1, 0.15) is 10.7 Å². The lowest BCUT2D eigenvalue weighted by atomic mass is 10.3. The maximum atomic E-state index is 11.6. The lowest BCUT2D eigenvalue weighted by Gasteiger charge is -2.06. The molecule has 0 radical (unpaired) electrons. The van der Waals surface area contributed by atoms with Crippen molar-refractivity contribution in [2.45, 2.75) is 13.5 Å². The molecule has 1 aromatic carbocycles. The highest BCUT2D eigenvalue weighted by Gasteiger charge is 2.03. The van der Waals surface area contributed by atoms with Crippen molar-refractivity contribution in [1.29, 1.82) is 0 Å². The molecule has 0 aliphatic rings. The number of nitrogens with one attached hydrogen (secondary N) is 2. The van der Waals surface area contributed by atoms with E-state index in [4.69, 9.17) is 11.6 Å². The number of nitrogens with zero attached hydrogens (tertiary/aromatic N) is 1. The van der Waals surface area contributed by atoms with Gasteiger partial charge in [-0.1, -0.05) is 11.6 Å². The van der Waals surface area contributed by atoms with Crippen molar-refractivity contribution in [2.24, 2.45) is 0 Å². The zero-order chi connectivity index (χ0) is 13.0.